The molecular formula is C10H12N2O4. The number of nitrogens with zero attached hydrogens (tertiary/aromatic N) is 1. The molecule has 6 heteroatoms. The molecule has 1 unspecified atom stereocenters. The van der Waals surface area contributed by atoms with Crippen molar-refractivity contribution in [1.82, 2.24) is 0 Å². The van der Waals surface area contributed by atoms with Crippen molar-refractivity contribution in [2.45, 2.75) is 13.0 Å². The lowest BCUT2D eigenvalue weighted by molar-refractivity contribution is -0.481. The molecule has 1 rings (SSSR count). The van der Waals surface area contributed by atoms with E-state index in [1.807, 2.05) is 0 Å². The second-order valence-electron chi connectivity index (χ2n) is 3.44. The minimum atomic E-state index is -0.995. The van der Waals surface area contributed by atoms with Crippen LogP contribution in [0.1, 0.15) is 17.3 Å². The molecule has 86 valence electrons. The van der Waals surface area contributed by atoms with Crippen molar-refractivity contribution < 1.29 is 14.8 Å². The number of benzene rings is 1. The summed E-state index contributed by atoms with van der Waals surface area (Å²) < 4.78 is 0. The Kier molecular flexibility index (Phi) is 3.82. The van der Waals surface area contributed by atoms with Gasteiger partial charge in [-0.25, -0.2) is 4.79 Å². The minimum Gasteiger partial charge on any atom is -0.478 e. The maximum atomic E-state index is 10.6. The third kappa shape index (κ3) is 3.56. The van der Waals surface area contributed by atoms with Gasteiger partial charge in [-0.05, 0) is 31.2 Å². The fourth-order valence-corrected chi connectivity index (χ4v) is 1.26. The number of nitro groups is 1. The number of hydrogen-bond acceptors (Lipinski definition) is 4. The highest BCUT2D eigenvalue weighted by Crippen LogP contribution is 2.10. The Morgan fingerprint density at radius 1 is 1.50 bits per heavy atom. The summed E-state index contributed by atoms with van der Waals surface area (Å²) >= 11 is 0. The Morgan fingerprint density at radius 3 is 2.50 bits per heavy atom. The normalized spacial score (nSPS) is 11.8. The lowest BCUT2D eigenvalue weighted by Gasteiger charge is -2.10. The number of carbonyl (C=O) groups is 1. The van der Waals surface area contributed by atoms with E-state index in [0.29, 0.717) is 5.69 Å². The van der Waals surface area contributed by atoms with E-state index in [1.54, 1.807) is 19.1 Å². The Labute approximate surface area is 92.0 Å². The second-order valence-corrected chi connectivity index (χ2v) is 3.44. The number of nitrogens with one attached hydrogen (secondary N) is 1. The summed E-state index contributed by atoms with van der Waals surface area (Å²) in [5, 5.41) is 21.8. The van der Waals surface area contributed by atoms with E-state index in [2.05, 4.69) is 5.32 Å². The zero-order chi connectivity index (χ0) is 12.1. The first kappa shape index (κ1) is 12.0. The van der Waals surface area contributed by atoms with Crippen LogP contribution in [-0.2, 0) is 0 Å². The second kappa shape index (κ2) is 5.11. The molecular weight excluding hydrogens is 212 g/mol. The smallest absolute Gasteiger partial charge is 0.335 e. The maximum absolute atomic E-state index is 10.6. The van der Waals surface area contributed by atoms with Gasteiger partial charge in [0.15, 0.2) is 0 Å². The monoisotopic (exact) mass is 224 g/mol. The predicted molar refractivity (Wildman–Crippen MR) is 58.3 cm³/mol. The van der Waals surface area contributed by atoms with E-state index in [9.17, 15) is 14.9 Å². The molecule has 0 amide bonds. The van der Waals surface area contributed by atoms with Crippen LogP contribution in [0.25, 0.3) is 0 Å². The molecule has 0 spiro atoms. The summed E-state index contributed by atoms with van der Waals surface area (Å²) in [6, 6.07) is 5.76. The van der Waals surface area contributed by atoms with Gasteiger partial charge in [0.05, 0.1) is 11.6 Å². The molecule has 0 saturated heterocycles. The SMILES string of the molecule is CC(C[N+](=O)[O-])Nc1ccc(C(=O)O)cc1. The van der Waals surface area contributed by atoms with E-state index < -0.39 is 10.9 Å². The van der Waals surface area contributed by atoms with Gasteiger partial charge in [0.25, 0.3) is 0 Å². The van der Waals surface area contributed by atoms with Gasteiger partial charge >= 0.3 is 5.97 Å². The zero-order valence-electron chi connectivity index (χ0n) is 8.71. The topological polar surface area (TPSA) is 92.5 Å². The highest BCUT2D eigenvalue weighted by Gasteiger charge is 2.09. The van der Waals surface area contributed by atoms with Crippen molar-refractivity contribution >= 4 is 11.7 Å². The first-order chi connectivity index (χ1) is 7.49. The highest BCUT2D eigenvalue weighted by molar-refractivity contribution is 5.87. The van der Waals surface area contributed by atoms with E-state index in [1.165, 1.54) is 12.1 Å². The quantitative estimate of drug-likeness (QED) is 0.583. The van der Waals surface area contributed by atoms with Crippen molar-refractivity contribution in [3.63, 3.8) is 0 Å². The number of anilines is 1. The van der Waals surface area contributed by atoms with E-state index in [-0.39, 0.29) is 18.2 Å². The summed E-state index contributed by atoms with van der Waals surface area (Å²) in [5.74, 6) is -0.995. The standard InChI is InChI=1S/C10H12N2O4/c1-7(6-12(15)16)11-9-4-2-8(3-5-9)10(13)14/h2-5,7,11H,6H2,1H3,(H,13,14). The number of hydrogen-bond donors (Lipinski definition) is 2. The van der Waals surface area contributed by atoms with Crippen LogP contribution in [-0.4, -0.2) is 28.6 Å². The van der Waals surface area contributed by atoms with Crippen LogP contribution in [0.2, 0.25) is 0 Å². The summed E-state index contributed by atoms with van der Waals surface area (Å²) in [6.07, 6.45) is 0. The van der Waals surface area contributed by atoms with Gasteiger partial charge in [0, 0.05) is 10.6 Å². The molecule has 1 aromatic carbocycles. The third-order valence-electron chi connectivity index (χ3n) is 1.97. The lowest BCUT2D eigenvalue weighted by atomic mass is 10.2. The number of rotatable bonds is 5. The van der Waals surface area contributed by atoms with Crippen LogP contribution in [0.15, 0.2) is 24.3 Å². The molecule has 0 radical (unpaired) electrons. The molecule has 1 aromatic rings. The molecule has 0 bridgehead atoms. The van der Waals surface area contributed by atoms with Gasteiger partial charge in [0.1, 0.15) is 0 Å². The third-order valence-corrected chi connectivity index (χ3v) is 1.97. The molecule has 16 heavy (non-hydrogen) atoms. The molecule has 0 fully saturated rings. The van der Waals surface area contributed by atoms with E-state index >= 15 is 0 Å². The van der Waals surface area contributed by atoms with Crippen molar-refractivity contribution in [1.29, 1.82) is 0 Å². The lowest BCUT2D eigenvalue weighted by Crippen LogP contribution is -2.24. The molecule has 0 aromatic heterocycles. The largest absolute Gasteiger partial charge is 0.478 e. The van der Waals surface area contributed by atoms with Gasteiger partial charge in [0.2, 0.25) is 6.54 Å². The Bertz CT molecular complexity index is 388. The molecule has 0 saturated carbocycles. The first-order valence-electron chi connectivity index (χ1n) is 4.70. The van der Waals surface area contributed by atoms with Gasteiger partial charge in [-0.3, -0.25) is 10.1 Å². The Balaban J connectivity index is 2.61. The number of carboxylic acids is 1. The fraction of sp³-hybridized carbons (Fsp3) is 0.300. The Hall–Kier alpha value is -2.11. The number of aromatic carboxylic acids is 1. The molecule has 1 atom stereocenters. The van der Waals surface area contributed by atoms with Gasteiger partial charge < -0.3 is 10.4 Å². The highest BCUT2D eigenvalue weighted by atomic mass is 16.6. The van der Waals surface area contributed by atoms with Gasteiger partial charge in [-0.15, -0.1) is 0 Å². The zero-order valence-corrected chi connectivity index (χ0v) is 8.71. The molecule has 6 nitrogen and oxygen atoms in total. The predicted octanol–water partition coefficient (Wildman–Crippen LogP) is 1.46. The summed E-state index contributed by atoms with van der Waals surface area (Å²) in [6.45, 7) is 1.51. The number of carboxylic acid groups (broad SMARTS) is 1. The summed E-state index contributed by atoms with van der Waals surface area (Å²) in [7, 11) is 0. The van der Waals surface area contributed by atoms with Crippen LogP contribution in [0, 0.1) is 10.1 Å². The van der Waals surface area contributed by atoms with Crippen LogP contribution >= 0.6 is 0 Å². The van der Waals surface area contributed by atoms with Crippen LogP contribution in [0.4, 0.5) is 5.69 Å². The van der Waals surface area contributed by atoms with Crippen LogP contribution in [0.5, 0.6) is 0 Å². The Morgan fingerprint density at radius 2 is 2.06 bits per heavy atom. The van der Waals surface area contributed by atoms with Gasteiger partial charge in [-0.1, -0.05) is 0 Å². The van der Waals surface area contributed by atoms with Crippen molar-refractivity contribution in [2.75, 3.05) is 11.9 Å². The van der Waals surface area contributed by atoms with Crippen LogP contribution < -0.4 is 5.32 Å². The van der Waals surface area contributed by atoms with Crippen molar-refractivity contribution in [3.8, 4) is 0 Å². The van der Waals surface area contributed by atoms with Crippen molar-refractivity contribution in [2.24, 2.45) is 0 Å². The minimum absolute atomic E-state index is 0.180. The molecule has 2 N–H and O–H groups in total. The first-order valence-corrected chi connectivity index (χ1v) is 4.70. The van der Waals surface area contributed by atoms with E-state index in [4.69, 9.17) is 5.11 Å². The summed E-state index contributed by atoms with van der Waals surface area (Å²) in [5.41, 5.74) is 0.854. The molecule has 0 heterocycles. The average molecular weight is 224 g/mol. The molecule has 0 aliphatic rings. The summed E-state index contributed by atoms with van der Waals surface area (Å²) in [4.78, 5) is 20.4. The van der Waals surface area contributed by atoms with Gasteiger partial charge in [-0.2, -0.15) is 0 Å². The van der Waals surface area contributed by atoms with Crippen molar-refractivity contribution in [3.05, 3.63) is 39.9 Å². The van der Waals surface area contributed by atoms with Crippen LogP contribution in [0.3, 0.4) is 0 Å². The fourth-order valence-electron chi connectivity index (χ4n) is 1.26. The molecule has 0 aliphatic heterocycles. The molecule has 0 aliphatic carbocycles. The van der Waals surface area contributed by atoms with E-state index in [0.717, 1.165) is 0 Å². The maximum Gasteiger partial charge on any atom is 0.335 e. The average Bonchev–Trinajstić information content (AvgIpc) is 2.16.